The summed E-state index contributed by atoms with van der Waals surface area (Å²) in [4.78, 5) is 21.3. The lowest BCUT2D eigenvalue weighted by Crippen LogP contribution is -2.81. The van der Waals surface area contributed by atoms with Crippen molar-refractivity contribution in [2.24, 2.45) is 11.8 Å². The fraction of sp³-hybridized carbons (Fsp3) is 0.730. The van der Waals surface area contributed by atoms with Crippen LogP contribution in [-0.4, -0.2) is 95.3 Å². The quantitative estimate of drug-likeness (QED) is 0.278. The smallest absolute Gasteiger partial charge is 0.246 e. The summed E-state index contributed by atoms with van der Waals surface area (Å²) in [5, 5.41) is 19.1. The maximum absolute atomic E-state index is 13.0. The van der Waals surface area contributed by atoms with Crippen LogP contribution in [0.4, 0.5) is 0 Å². The van der Waals surface area contributed by atoms with E-state index in [9.17, 15) is 10.1 Å². The van der Waals surface area contributed by atoms with E-state index in [2.05, 4.69) is 64.0 Å². The van der Waals surface area contributed by atoms with Gasteiger partial charge in [-0.1, -0.05) is 49.9 Å². The van der Waals surface area contributed by atoms with E-state index in [4.69, 9.17) is 16.3 Å². The number of ether oxygens (including phenoxy) is 1. The maximum atomic E-state index is 13.0. The van der Waals surface area contributed by atoms with Crippen molar-refractivity contribution in [3.63, 3.8) is 0 Å². The number of halogens is 1. The fourth-order valence-corrected chi connectivity index (χ4v) is 12.2. The van der Waals surface area contributed by atoms with Crippen LogP contribution in [0.25, 0.3) is 0 Å². The SMILES string of the molecule is C=CC(=O)N1CCN(C2(C3CCCCCC3)NC(OCC3CCCN3C)NC3C[C@]4(CCC32)Cc2c(Cl)cccc2S4)CC1CC#N. The van der Waals surface area contributed by atoms with Crippen molar-refractivity contribution in [1.82, 2.24) is 25.3 Å². The molecule has 7 atom stereocenters. The Balaban J connectivity index is 1.24. The molecule has 3 saturated heterocycles. The van der Waals surface area contributed by atoms with E-state index in [0.29, 0.717) is 44.0 Å². The Morgan fingerprint density at radius 1 is 1.15 bits per heavy atom. The molecule has 0 aromatic heterocycles. The summed E-state index contributed by atoms with van der Waals surface area (Å²) < 4.78 is 7.02. The minimum absolute atomic E-state index is 0.0671. The van der Waals surface area contributed by atoms with Gasteiger partial charge in [-0.15, -0.1) is 11.8 Å². The first kappa shape index (κ1) is 33.8. The van der Waals surface area contributed by atoms with Gasteiger partial charge in [0.1, 0.15) is 0 Å². The van der Waals surface area contributed by atoms with Gasteiger partial charge < -0.3 is 14.5 Å². The topological polar surface area (TPSA) is 83.9 Å². The zero-order valence-corrected chi connectivity index (χ0v) is 29.7. The molecule has 7 rings (SSSR count). The van der Waals surface area contributed by atoms with Crippen LogP contribution >= 0.6 is 23.4 Å². The van der Waals surface area contributed by atoms with Crippen molar-refractivity contribution in [2.45, 2.75) is 123 Å². The Morgan fingerprint density at radius 2 is 1.98 bits per heavy atom. The van der Waals surface area contributed by atoms with Crippen molar-refractivity contribution in [3.05, 3.63) is 41.4 Å². The number of hydrogen-bond acceptors (Lipinski definition) is 8. The van der Waals surface area contributed by atoms with Crippen LogP contribution in [0.15, 0.2) is 35.7 Å². The zero-order valence-electron chi connectivity index (χ0n) is 28.1. The van der Waals surface area contributed by atoms with Crippen molar-refractivity contribution in [2.75, 3.05) is 39.8 Å². The monoisotopic (exact) mass is 680 g/mol. The average Bonchev–Trinajstić information content (AvgIpc) is 3.53. The van der Waals surface area contributed by atoms with Gasteiger partial charge in [0, 0.05) is 52.3 Å². The summed E-state index contributed by atoms with van der Waals surface area (Å²) in [6, 6.07) is 9.37. The molecule has 2 aliphatic carbocycles. The van der Waals surface area contributed by atoms with Crippen LogP contribution in [0, 0.1) is 23.2 Å². The van der Waals surface area contributed by atoms with Gasteiger partial charge in [-0.05, 0) is 94.6 Å². The van der Waals surface area contributed by atoms with Crippen LogP contribution in [0.1, 0.15) is 82.6 Å². The summed E-state index contributed by atoms with van der Waals surface area (Å²) in [7, 11) is 2.22. The number of amides is 1. The summed E-state index contributed by atoms with van der Waals surface area (Å²) in [5.41, 5.74) is 1.04. The number of likely N-dealkylation sites (N-methyl/N-ethyl adjacent to an activating group) is 1. The minimum Gasteiger partial charge on any atom is -0.348 e. The standard InChI is InChI=1S/C37H53ClN6O2S/c1-3-34(45)44-21-20-43(24-27(44)16-18-39)37(26-10-6-4-5-7-11-26)30-15-17-36(22-29-31(38)13-8-14-33(29)47-36)23-32(30)40-35(41-37)46-25-28-12-9-19-42(28)2/h3,8,13-14,26-28,30,32,35,40-41H,1,4-7,9-12,15-17,19-25H2,2H3/t27?,28?,30?,32?,35?,36-,37?/m0/s1. The Hall–Kier alpha value is -1.64. The molecular weight excluding hydrogens is 628 g/mol. The minimum atomic E-state index is -0.279. The van der Waals surface area contributed by atoms with Crippen LogP contribution in [0.3, 0.4) is 0 Å². The second-order valence-corrected chi connectivity index (χ2v) is 17.1. The first-order chi connectivity index (χ1) is 22.9. The van der Waals surface area contributed by atoms with Gasteiger partial charge in [0.25, 0.3) is 0 Å². The molecule has 6 aliphatic rings. The second kappa shape index (κ2) is 14.3. The number of thioether (sulfide) groups is 1. The van der Waals surface area contributed by atoms with Gasteiger partial charge in [-0.25, -0.2) is 0 Å². The molecule has 1 spiro atoms. The number of carbonyl (C=O) groups is 1. The molecule has 2 N–H and O–H groups in total. The molecule has 5 fully saturated rings. The van der Waals surface area contributed by atoms with Crippen molar-refractivity contribution < 1.29 is 9.53 Å². The third-order valence-corrected chi connectivity index (χ3v) is 14.5. The molecule has 6 unspecified atom stereocenters. The van der Waals surface area contributed by atoms with E-state index in [1.54, 1.807) is 0 Å². The molecule has 4 heterocycles. The molecule has 1 amide bonds. The van der Waals surface area contributed by atoms with Crippen LogP contribution in [-0.2, 0) is 16.0 Å². The van der Waals surface area contributed by atoms with Crippen molar-refractivity contribution in [1.29, 1.82) is 5.26 Å². The number of benzene rings is 1. The summed E-state index contributed by atoms with van der Waals surface area (Å²) in [6.07, 6.45) is 15.7. The number of piperazine rings is 1. The molecule has 1 aromatic carbocycles. The highest BCUT2D eigenvalue weighted by atomic mass is 35.5. The fourth-order valence-electron chi connectivity index (χ4n) is 10.3. The third-order valence-electron chi connectivity index (χ3n) is 12.6. The molecule has 10 heteroatoms. The van der Waals surface area contributed by atoms with Gasteiger partial charge >= 0.3 is 0 Å². The lowest BCUT2D eigenvalue weighted by Gasteiger charge is -2.64. The molecule has 4 aliphatic heterocycles. The number of nitrogens with one attached hydrogen (secondary N) is 2. The van der Waals surface area contributed by atoms with E-state index in [1.165, 1.54) is 67.9 Å². The number of fused-ring (bicyclic) bond motifs is 2. The molecular formula is C37H53ClN6O2S. The van der Waals surface area contributed by atoms with Gasteiger partial charge in [0.15, 0.2) is 6.35 Å². The van der Waals surface area contributed by atoms with E-state index in [1.807, 2.05) is 11.0 Å². The third kappa shape index (κ3) is 6.54. The lowest BCUT2D eigenvalue weighted by molar-refractivity contribution is -0.180. The highest BCUT2D eigenvalue weighted by Crippen LogP contribution is 2.58. The normalized spacial score (nSPS) is 36.9. The number of nitriles is 1. The Kier molecular flexibility index (Phi) is 10.3. The predicted octanol–water partition coefficient (Wildman–Crippen LogP) is 5.76. The highest BCUT2D eigenvalue weighted by molar-refractivity contribution is 8.01. The molecule has 1 aromatic rings. The van der Waals surface area contributed by atoms with E-state index in [0.717, 1.165) is 43.8 Å². The van der Waals surface area contributed by atoms with Crippen LogP contribution < -0.4 is 10.6 Å². The largest absolute Gasteiger partial charge is 0.348 e. The summed E-state index contributed by atoms with van der Waals surface area (Å²) >= 11 is 8.83. The van der Waals surface area contributed by atoms with Crippen molar-refractivity contribution in [3.8, 4) is 6.07 Å². The van der Waals surface area contributed by atoms with Crippen LogP contribution in [0.2, 0.25) is 5.02 Å². The lowest BCUT2D eigenvalue weighted by atomic mass is 9.63. The maximum Gasteiger partial charge on any atom is 0.246 e. The van der Waals surface area contributed by atoms with Gasteiger partial charge in [-0.3, -0.25) is 20.3 Å². The highest BCUT2D eigenvalue weighted by Gasteiger charge is 2.60. The first-order valence-corrected chi connectivity index (χ1v) is 19.4. The van der Waals surface area contributed by atoms with E-state index < -0.39 is 0 Å². The zero-order chi connectivity index (χ0) is 32.6. The van der Waals surface area contributed by atoms with E-state index >= 15 is 0 Å². The first-order valence-electron chi connectivity index (χ1n) is 18.2. The van der Waals surface area contributed by atoms with Crippen LogP contribution in [0.5, 0.6) is 0 Å². The van der Waals surface area contributed by atoms with Gasteiger partial charge in [0.05, 0.1) is 30.8 Å². The number of rotatable bonds is 7. The molecule has 8 nitrogen and oxygen atoms in total. The van der Waals surface area contributed by atoms with E-state index in [-0.39, 0.29) is 34.8 Å². The molecule has 47 heavy (non-hydrogen) atoms. The van der Waals surface area contributed by atoms with Gasteiger partial charge in [0.2, 0.25) is 5.91 Å². The van der Waals surface area contributed by atoms with Crippen molar-refractivity contribution >= 4 is 29.3 Å². The molecule has 2 saturated carbocycles. The second-order valence-electron chi connectivity index (χ2n) is 15.1. The Morgan fingerprint density at radius 3 is 2.70 bits per heavy atom. The number of carbonyl (C=O) groups excluding carboxylic acids is 1. The van der Waals surface area contributed by atoms with Gasteiger partial charge in [-0.2, -0.15) is 5.26 Å². The summed E-state index contributed by atoms with van der Waals surface area (Å²) in [5.74, 6) is 0.790. The number of likely N-dealkylation sites (tertiary alicyclic amines) is 1. The molecule has 256 valence electrons. The Bertz CT molecular complexity index is 1350. The number of hydrogen-bond donors (Lipinski definition) is 2. The molecule has 0 radical (unpaired) electrons. The summed E-state index contributed by atoms with van der Waals surface area (Å²) in [6.45, 7) is 7.71. The molecule has 0 bridgehead atoms. The predicted molar refractivity (Wildman–Crippen MR) is 188 cm³/mol. The average molecular weight is 681 g/mol. The number of nitrogens with zero attached hydrogens (tertiary/aromatic N) is 4. The Labute approximate surface area is 290 Å².